The molecule has 0 saturated carbocycles. The number of hydrogen-bond acceptors (Lipinski definition) is 4. The van der Waals surface area contributed by atoms with Crippen LogP contribution in [0.5, 0.6) is 5.75 Å². The molecule has 0 atom stereocenters. The standard InChI is InChI=1S/C18H22N2O4S/c1-25(22,23)20-16-8-5-7-15(13-16)14-19-18(21)11-6-12-24-17-9-3-2-4-10-17/h2-5,7-10,13,20H,6,11-12,14H2,1H3,(H,19,21). The zero-order valence-electron chi connectivity index (χ0n) is 14.1. The molecular formula is C18H22N2O4S. The molecule has 2 rings (SSSR count). The van der Waals surface area contributed by atoms with Gasteiger partial charge in [-0.1, -0.05) is 30.3 Å². The number of hydrogen-bond donors (Lipinski definition) is 2. The fourth-order valence-electron chi connectivity index (χ4n) is 2.19. The highest BCUT2D eigenvalue weighted by Crippen LogP contribution is 2.12. The summed E-state index contributed by atoms with van der Waals surface area (Å²) in [6.07, 6.45) is 2.09. The summed E-state index contributed by atoms with van der Waals surface area (Å²) in [6, 6.07) is 16.4. The number of ether oxygens (including phenoxy) is 1. The Balaban J connectivity index is 1.70. The Kier molecular flexibility index (Phi) is 6.82. The predicted molar refractivity (Wildman–Crippen MR) is 97.9 cm³/mol. The van der Waals surface area contributed by atoms with Crippen LogP contribution in [-0.2, 0) is 21.4 Å². The lowest BCUT2D eigenvalue weighted by Crippen LogP contribution is -2.23. The Morgan fingerprint density at radius 2 is 1.84 bits per heavy atom. The van der Waals surface area contributed by atoms with Crippen molar-refractivity contribution in [3.8, 4) is 5.75 Å². The molecule has 7 heteroatoms. The Morgan fingerprint density at radius 1 is 1.08 bits per heavy atom. The van der Waals surface area contributed by atoms with Crippen molar-refractivity contribution in [2.75, 3.05) is 17.6 Å². The number of amides is 1. The van der Waals surface area contributed by atoms with Gasteiger partial charge in [-0.25, -0.2) is 8.42 Å². The number of nitrogens with one attached hydrogen (secondary N) is 2. The summed E-state index contributed by atoms with van der Waals surface area (Å²) in [5.74, 6) is 0.719. The van der Waals surface area contributed by atoms with E-state index in [1.165, 1.54) is 0 Å². The maximum Gasteiger partial charge on any atom is 0.229 e. The van der Waals surface area contributed by atoms with Gasteiger partial charge in [-0.3, -0.25) is 9.52 Å². The Bertz CT molecular complexity index is 792. The zero-order chi connectivity index (χ0) is 18.1. The largest absolute Gasteiger partial charge is 0.494 e. The molecule has 6 nitrogen and oxygen atoms in total. The second-order valence-corrected chi connectivity index (χ2v) is 7.36. The summed E-state index contributed by atoms with van der Waals surface area (Å²) >= 11 is 0. The lowest BCUT2D eigenvalue weighted by Gasteiger charge is -2.09. The van der Waals surface area contributed by atoms with Crippen LogP contribution < -0.4 is 14.8 Å². The topological polar surface area (TPSA) is 84.5 Å². The van der Waals surface area contributed by atoms with Crippen LogP contribution in [0.2, 0.25) is 0 Å². The monoisotopic (exact) mass is 362 g/mol. The quantitative estimate of drug-likeness (QED) is 0.672. The van der Waals surface area contributed by atoms with Crippen LogP contribution in [0.3, 0.4) is 0 Å². The van der Waals surface area contributed by atoms with Crippen molar-refractivity contribution in [1.82, 2.24) is 5.32 Å². The average Bonchev–Trinajstić information content (AvgIpc) is 2.57. The first-order valence-electron chi connectivity index (χ1n) is 7.94. The molecule has 0 saturated heterocycles. The molecule has 134 valence electrons. The van der Waals surface area contributed by atoms with Gasteiger partial charge in [0.05, 0.1) is 12.9 Å². The second kappa shape index (κ2) is 9.08. The van der Waals surface area contributed by atoms with Crippen molar-refractivity contribution < 1.29 is 17.9 Å². The molecule has 2 N–H and O–H groups in total. The minimum atomic E-state index is -3.31. The number of benzene rings is 2. The van der Waals surface area contributed by atoms with Crippen molar-refractivity contribution in [3.63, 3.8) is 0 Å². The summed E-state index contributed by atoms with van der Waals surface area (Å²) in [6.45, 7) is 0.822. The average molecular weight is 362 g/mol. The van der Waals surface area contributed by atoms with Gasteiger partial charge in [-0.2, -0.15) is 0 Å². The molecule has 0 aromatic heterocycles. The molecule has 0 heterocycles. The molecule has 0 aliphatic heterocycles. The van der Waals surface area contributed by atoms with E-state index in [-0.39, 0.29) is 5.91 Å². The van der Waals surface area contributed by atoms with Gasteiger partial charge < -0.3 is 10.1 Å². The first kappa shape index (κ1) is 18.8. The second-order valence-electron chi connectivity index (χ2n) is 5.62. The SMILES string of the molecule is CS(=O)(=O)Nc1cccc(CNC(=O)CCCOc2ccccc2)c1. The molecule has 0 bridgehead atoms. The molecule has 0 aliphatic rings. The predicted octanol–water partition coefficient (Wildman–Crippen LogP) is 2.53. The van der Waals surface area contributed by atoms with Gasteiger partial charge in [0.2, 0.25) is 15.9 Å². The Morgan fingerprint density at radius 3 is 2.56 bits per heavy atom. The third-order valence-electron chi connectivity index (χ3n) is 3.28. The van der Waals surface area contributed by atoms with Gasteiger partial charge in [-0.15, -0.1) is 0 Å². The first-order valence-corrected chi connectivity index (χ1v) is 9.83. The van der Waals surface area contributed by atoms with Gasteiger partial charge in [0, 0.05) is 18.7 Å². The van der Waals surface area contributed by atoms with Crippen molar-refractivity contribution >= 4 is 21.6 Å². The fourth-order valence-corrected chi connectivity index (χ4v) is 2.74. The molecule has 0 aliphatic carbocycles. The van der Waals surface area contributed by atoms with E-state index in [0.29, 0.717) is 31.7 Å². The van der Waals surface area contributed by atoms with Crippen LogP contribution in [0.15, 0.2) is 54.6 Å². The van der Waals surface area contributed by atoms with Crippen LogP contribution in [0.1, 0.15) is 18.4 Å². The van der Waals surface area contributed by atoms with E-state index >= 15 is 0 Å². The van der Waals surface area contributed by atoms with Crippen molar-refractivity contribution in [2.24, 2.45) is 0 Å². The van der Waals surface area contributed by atoms with Crippen LogP contribution in [-0.4, -0.2) is 27.2 Å². The van der Waals surface area contributed by atoms with E-state index in [1.807, 2.05) is 36.4 Å². The van der Waals surface area contributed by atoms with Gasteiger partial charge in [0.1, 0.15) is 5.75 Å². The number of carbonyl (C=O) groups excluding carboxylic acids is 1. The van der Waals surface area contributed by atoms with Crippen LogP contribution in [0.25, 0.3) is 0 Å². The third-order valence-corrected chi connectivity index (χ3v) is 3.89. The molecule has 2 aromatic rings. The van der Waals surface area contributed by atoms with E-state index in [0.717, 1.165) is 17.6 Å². The van der Waals surface area contributed by atoms with Crippen LogP contribution in [0.4, 0.5) is 5.69 Å². The lowest BCUT2D eigenvalue weighted by atomic mass is 10.2. The fraction of sp³-hybridized carbons (Fsp3) is 0.278. The van der Waals surface area contributed by atoms with Crippen molar-refractivity contribution in [3.05, 3.63) is 60.2 Å². The number of carbonyl (C=O) groups is 1. The van der Waals surface area contributed by atoms with Gasteiger partial charge in [-0.05, 0) is 36.2 Å². The smallest absolute Gasteiger partial charge is 0.229 e. The number of rotatable bonds is 9. The number of sulfonamides is 1. The minimum absolute atomic E-state index is 0.0712. The van der Waals surface area contributed by atoms with Crippen molar-refractivity contribution in [1.29, 1.82) is 0 Å². The van der Waals surface area contributed by atoms with E-state index in [2.05, 4.69) is 10.0 Å². The summed E-state index contributed by atoms with van der Waals surface area (Å²) in [5.41, 5.74) is 1.30. The van der Waals surface area contributed by atoms with Gasteiger partial charge in [0.25, 0.3) is 0 Å². The molecule has 1 amide bonds. The molecule has 25 heavy (non-hydrogen) atoms. The summed E-state index contributed by atoms with van der Waals surface area (Å²) in [7, 11) is -3.31. The van der Waals surface area contributed by atoms with Crippen LogP contribution >= 0.6 is 0 Å². The van der Waals surface area contributed by atoms with E-state index in [4.69, 9.17) is 4.74 Å². The van der Waals surface area contributed by atoms with Gasteiger partial charge >= 0.3 is 0 Å². The molecule has 0 fully saturated rings. The summed E-state index contributed by atoms with van der Waals surface area (Å²) in [4.78, 5) is 11.9. The number of para-hydroxylation sites is 1. The highest BCUT2D eigenvalue weighted by Gasteiger charge is 2.05. The molecule has 2 aromatic carbocycles. The maximum atomic E-state index is 11.9. The summed E-state index contributed by atoms with van der Waals surface area (Å²) < 4.78 is 30.4. The zero-order valence-corrected chi connectivity index (χ0v) is 14.9. The maximum absolute atomic E-state index is 11.9. The third kappa shape index (κ3) is 7.71. The molecular weight excluding hydrogens is 340 g/mol. The first-order chi connectivity index (χ1) is 11.9. The summed E-state index contributed by atoms with van der Waals surface area (Å²) in [5, 5.41) is 2.82. The Labute approximate surface area is 148 Å². The molecule has 0 unspecified atom stereocenters. The highest BCUT2D eigenvalue weighted by molar-refractivity contribution is 7.92. The van der Waals surface area contributed by atoms with Gasteiger partial charge in [0.15, 0.2) is 0 Å². The van der Waals surface area contributed by atoms with E-state index in [9.17, 15) is 13.2 Å². The van der Waals surface area contributed by atoms with E-state index < -0.39 is 10.0 Å². The van der Waals surface area contributed by atoms with E-state index in [1.54, 1.807) is 18.2 Å². The minimum Gasteiger partial charge on any atom is -0.494 e. The Hall–Kier alpha value is -2.54. The van der Waals surface area contributed by atoms with Crippen molar-refractivity contribution in [2.45, 2.75) is 19.4 Å². The lowest BCUT2D eigenvalue weighted by molar-refractivity contribution is -0.121. The number of anilines is 1. The highest BCUT2D eigenvalue weighted by atomic mass is 32.2. The molecule has 0 spiro atoms. The molecule has 0 radical (unpaired) electrons. The normalized spacial score (nSPS) is 10.9. The van der Waals surface area contributed by atoms with Crippen LogP contribution in [0, 0.1) is 0 Å².